The first kappa shape index (κ1) is 14.4. The fourth-order valence-electron chi connectivity index (χ4n) is 6.60. The van der Waals surface area contributed by atoms with Gasteiger partial charge in [-0.2, -0.15) is 0 Å². The van der Waals surface area contributed by atoms with E-state index in [2.05, 4.69) is 25.5 Å². The van der Waals surface area contributed by atoms with Crippen LogP contribution in [-0.2, 0) is 12.5 Å². The van der Waals surface area contributed by atoms with E-state index < -0.39 is 0 Å². The third-order valence-corrected chi connectivity index (χ3v) is 8.06. The van der Waals surface area contributed by atoms with E-state index in [-0.39, 0.29) is 16.4 Å². The van der Waals surface area contributed by atoms with E-state index in [0.717, 1.165) is 23.4 Å². The second kappa shape index (κ2) is 3.81. The average molecular weight is 324 g/mol. The molecule has 2 aromatic rings. The molecule has 3 atom stereocenters. The molecular weight excluding hydrogens is 300 g/mol. The number of rotatable bonds is 2. The fourth-order valence-corrected chi connectivity index (χ4v) is 6.60. The molecule has 0 bridgehead atoms. The number of aromatic nitrogens is 2. The zero-order valence-electron chi connectivity index (χ0n) is 15.0. The molecule has 5 rings (SSSR count). The third kappa shape index (κ3) is 1.10. The maximum atomic E-state index is 13.3. The molecule has 2 fully saturated rings. The van der Waals surface area contributed by atoms with Crippen LogP contribution in [0.5, 0.6) is 5.75 Å². The number of benzene rings is 1. The predicted molar refractivity (Wildman–Crippen MR) is 93.1 cm³/mol. The van der Waals surface area contributed by atoms with Crippen molar-refractivity contribution in [2.75, 3.05) is 7.11 Å². The quantitative estimate of drug-likeness (QED) is 0.849. The Labute approximate surface area is 142 Å². The van der Waals surface area contributed by atoms with Gasteiger partial charge in [-0.15, -0.1) is 0 Å². The number of hydrogen-bond donors (Lipinski definition) is 0. The first-order chi connectivity index (χ1) is 11.3. The Morgan fingerprint density at radius 2 is 1.83 bits per heavy atom. The molecule has 2 saturated carbocycles. The normalized spacial score (nSPS) is 34.1. The smallest absolute Gasteiger partial charge is 0.275 e. The lowest BCUT2D eigenvalue weighted by atomic mass is 9.65. The Morgan fingerprint density at radius 3 is 2.38 bits per heavy atom. The summed E-state index contributed by atoms with van der Waals surface area (Å²) in [5, 5.41) is 0. The van der Waals surface area contributed by atoms with E-state index in [1.54, 1.807) is 7.11 Å². The monoisotopic (exact) mass is 324 g/mol. The summed E-state index contributed by atoms with van der Waals surface area (Å²) in [6, 6.07) is 7.75. The van der Waals surface area contributed by atoms with E-state index in [1.165, 1.54) is 12.1 Å². The molecule has 1 unspecified atom stereocenters. The molecule has 126 valence electrons. The predicted octanol–water partition coefficient (Wildman–Crippen LogP) is 3.36. The highest BCUT2D eigenvalue weighted by atomic mass is 16.5. The van der Waals surface area contributed by atoms with Crippen molar-refractivity contribution in [2.45, 2.75) is 44.9 Å². The summed E-state index contributed by atoms with van der Waals surface area (Å²) in [7, 11) is 3.70. The van der Waals surface area contributed by atoms with Gasteiger partial charge in [-0.05, 0) is 53.9 Å². The van der Waals surface area contributed by atoms with E-state index in [0.29, 0.717) is 11.3 Å². The van der Waals surface area contributed by atoms with Crippen molar-refractivity contribution in [3.8, 4) is 11.4 Å². The second-order valence-corrected chi connectivity index (χ2v) is 8.41. The van der Waals surface area contributed by atoms with E-state index >= 15 is 0 Å². The van der Waals surface area contributed by atoms with Crippen molar-refractivity contribution in [1.82, 2.24) is 9.36 Å². The first-order valence-corrected chi connectivity index (χ1v) is 8.80. The SMILES string of the molecule is COc1ccc(-n2c(=O)c3c(n2C)[C@@]2(C)C(C)(C)C24CC[C@H]34)cc1. The third-order valence-electron chi connectivity index (χ3n) is 8.06. The highest BCUT2D eigenvalue weighted by molar-refractivity contribution is 5.59. The molecule has 1 spiro atoms. The lowest BCUT2D eigenvalue weighted by Gasteiger charge is -2.38. The van der Waals surface area contributed by atoms with Gasteiger partial charge in [0.15, 0.2) is 0 Å². The topological polar surface area (TPSA) is 36.2 Å². The average Bonchev–Trinajstić information content (AvgIpc) is 2.71. The highest BCUT2D eigenvalue weighted by Crippen LogP contribution is 2.92. The summed E-state index contributed by atoms with van der Waals surface area (Å²) in [5.41, 5.74) is 4.18. The van der Waals surface area contributed by atoms with Crippen molar-refractivity contribution in [1.29, 1.82) is 0 Å². The van der Waals surface area contributed by atoms with Gasteiger partial charge >= 0.3 is 0 Å². The summed E-state index contributed by atoms with van der Waals surface area (Å²) in [6.07, 6.45) is 2.42. The molecule has 0 amide bonds. The first-order valence-electron chi connectivity index (χ1n) is 8.80. The van der Waals surface area contributed by atoms with Crippen molar-refractivity contribution in [2.24, 2.45) is 17.9 Å². The minimum absolute atomic E-state index is 0.129. The number of hydrogen-bond acceptors (Lipinski definition) is 2. The molecule has 1 aromatic heterocycles. The maximum Gasteiger partial charge on any atom is 0.275 e. The Hall–Kier alpha value is -1.97. The number of nitrogens with zero attached hydrogens (tertiary/aromatic N) is 2. The molecule has 1 aromatic carbocycles. The van der Waals surface area contributed by atoms with Crippen LogP contribution in [0.4, 0.5) is 0 Å². The van der Waals surface area contributed by atoms with Crippen LogP contribution in [0.3, 0.4) is 0 Å². The van der Waals surface area contributed by atoms with Crippen LogP contribution in [0.15, 0.2) is 29.1 Å². The van der Waals surface area contributed by atoms with Crippen molar-refractivity contribution in [3.63, 3.8) is 0 Å². The van der Waals surface area contributed by atoms with Crippen LogP contribution in [-0.4, -0.2) is 16.5 Å². The Bertz CT molecular complexity index is 934. The standard InChI is InChI=1S/C20H24N2O2/c1-18(2)19(3)16-15(14-10-11-20(14,18)19)17(23)22(21(16)4)12-6-8-13(24-5)9-7-12/h6-9,14H,10-11H2,1-5H3/t14-,19+,20?/m1/s1. The lowest BCUT2D eigenvalue weighted by Crippen LogP contribution is -2.33. The molecule has 1 heterocycles. The van der Waals surface area contributed by atoms with Gasteiger partial charge in [-0.25, -0.2) is 4.68 Å². The molecule has 3 aliphatic rings. The van der Waals surface area contributed by atoms with Gasteiger partial charge in [0.05, 0.1) is 18.5 Å². The Morgan fingerprint density at radius 1 is 1.17 bits per heavy atom. The molecule has 0 aliphatic heterocycles. The molecule has 0 N–H and O–H groups in total. The summed E-state index contributed by atoms with van der Waals surface area (Å²) >= 11 is 0. The van der Waals surface area contributed by atoms with Crippen LogP contribution >= 0.6 is 0 Å². The summed E-state index contributed by atoms with van der Waals surface area (Å²) in [4.78, 5) is 13.3. The van der Waals surface area contributed by atoms with Gasteiger partial charge in [0.2, 0.25) is 0 Å². The zero-order chi connectivity index (χ0) is 17.1. The van der Waals surface area contributed by atoms with Crippen LogP contribution < -0.4 is 10.3 Å². The van der Waals surface area contributed by atoms with Gasteiger partial charge in [0.25, 0.3) is 5.56 Å². The van der Waals surface area contributed by atoms with Crippen molar-refractivity contribution >= 4 is 0 Å². The largest absolute Gasteiger partial charge is 0.497 e. The minimum Gasteiger partial charge on any atom is -0.497 e. The highest BCUT2D eigenvalue weighted by Gasteiger charge is 2.89. The van der Waals surface area contributed by atoms with Crippen LogP contribution in [0, 0.1) is 10.8 Å². The molecule has 3 aliphatic carbocycles. The Kier molecular flexibility index (Phi) is 2.29. The van der Waals surface area contributed by atoms with Crippen molar-refractivity contribution in [3.05, 3.63) is 45.9 Å². The molecule has 0 radical (unpaired) electrons. The number of methoxy groups -OCH3 is 1. The Balaban J connectivity index is 1.74. The van der Waals surface area contributed by atoms with E-state index in [4.69, 9.17) is 4.74 Å². The molecular formula is C20H24N2O2. The molecule has 4 heteroatoms. The fraction of sp³-hybridized carbons (Fsp3) is 0.550. The van der Waals surface area contributed by atoms with Gasteiger partial charge < -0.3 is 4.74 Å². The van der Waals surface area contributed by atoms with Crippen LogP contribution in [0.2, 0.25) is 0 Å². The minimum atomic E-state index is 0.129. The number of ether oxygens (including phenoxy) is 1. The van der Waals surface area contributed by atoms with E-state index in [9.17, 15) is 4.79 Å². The van der Waals surface area contributed by atoms with Gasteiger partial charge in [-0.3, -0.25) is 9.48 Å². The maximum absolute atomic E-state index is 13.3. The molecule has 4 nitrogen and oxygen atoms in total. The van der Waals surface area contributed by atoms with Crippen LogP contribution in [0.25, 0.3) is 5.69 Å². The van der Waals surface area contributed by atoms with E-state index in [1.807, 2.05) is 36.0 Å². The van der Waals surface area contributed by atoms with Crippen LogP contribution in [0.1, 0.15) is 50.8 Å². The summed E-state index contributed by atoms with van der Waals surface area (Å²) in [5.74, 6) is 1.26. The summed E-state index contributed by atoms with van der Waals surface area (Å²) < 4.78 is 9.20. The summed E-state index contributed by atoms with van der Waals surface area (Å²) in [6.45, 7) is 7.15. The molecule has 0 saturated heterocycles. The van der Waals surface area contributed by atoms with Gasteiger partial charge in [0.1, 0.15) is 5.75 Å². The lowest BCUT2D eigenvalue weighted by molar-refractivity contribution is 0.170. The number of fused-ring (bicyclic) bond motifs is 3. The van der Waals surface area contributed by atoms with Crippen molar-refractivity contribution < 1.29 is 4.74 Å². The second-order valence-electron chi connectivity index (χ2n) is 8.41. The van der Waals surface area contributed by atoms with Gasteiger partial charge in [0, 0.05) is 18.0 Å². The van der Waals surface area contributed by atoms with Gasteiger partial charge in [-0.1, -0.05) is 20.8 Å². The molecule has 24 heavy (non-hydrogen) atoms. The zero-order valence-corrected chi connectivity index (χ0v) is 15.0.